The maximum absolute atomic E-state index is 12.1. The van der Waals surface area contributed by atoms with Crippen LogP contribution in [0.1, 0.15) is 26.3 Å². The molecule has 3 nitrogen and oxygen atoms in total. The molecular weight excluding hydrogens is 252 g/mol. The van der Waals surface area contributed by atoms with Gasteiger partial charge in [-0.1, -0.05) is 30.2 Å². The molecule has 3 rings (SSSR count). The lowest BCUT2D eigenvalue weighted by atomic mass is 9.83. The van der Waals surface area contributed by atoms with Crippen molar-refractivity contribution in [3.8, 4) is 23.0 Å². The fourth-order valence-electron chi connectivity index (χ4n) is 2.32. The third-order valence-corrected chi connectivity index (χ3v) is 3.21. The molecule has 0 radical (unpaired) electrons. The number of carbonyl (C=O) groups is 3. The van der Waals surface area contributed by atoms with Crippen LogP contribution in [0.4, 0.5) is 0 Å². The lowest BCUT2D eigenvalue weighted by Gasteiger charge is -2.17. The number of rotatable bonds is 0. The van der Waals surface area contributed by atoms with Crippen molar-refractivity contribution >= 4 is 17.9 Å². The van der Waals surface area contributed by atoms with Crippen molar-refractivity contribution in [1.29, 1.82) is 0 Å². The highest BCUT2D eigenvalue weighted by Crippen LogP contribution is 2.33. The van der Waals surface area contributed by atoms with E-state index in [4.69, 9.17) is 0 Å². The fourth-order valence-corrected chi connectivity index (χ4v) is 2.32. The Bertz CT molecular complexity index is 820. The van der Waals surface area contributed by atoms with Crippen LogP contribution < -0.4 is 0 Å². The Labute approximate surface area is 115 Å². The SMILES string of the molecule is O=CC#Cc1ccc2c(c1)-c1ccccc1C(=O)C2=O. The molecule has 0 saturated carbocycles. The summed E-state index contributed by atoms with van der Waals surface area (Å²) in [6.45, 7) is 0. The zero-order valence-electron chi connectivity index (χ0n) is 10.3. The quantitative estimate of drug-likeness (QED) is 0.415. The van der Waals surface area contributed by atoms with Gasteiger partial charge in [-0.2, -0.15) is 0 Å². The van der Waals surface area contributed by atoms with E-state index >= 15 is 0 Å². The van der Waals surface area contributed by atoms with Gasteiger partial charge in [-0.3, -0.25) is 14.4 Å². The summed E-state index contributed by atoms with van der Waals surface area (Å²) in [4.78, 5) is 34.4. The van der Waals surface area contributed by atoms with E-state index in [2.05, 4.69) is 11.8 Å². The molecule has 0 spiro atoms. The largest absolute Gasteiger partial charge is 0.289 e. The Morgan fingerprint density at radius 3 is 2.15 bits per heavy atom. The Morgan fingerprint density at radius 1 is 0.800 bits per heavy atom. The highest BCUT2D eigenvalue weighted by molar-refractivity contribution is 6.53. The second-order valence-electron chi connectivity index (χ2n) is 4.35. The predicted molar refractivity (Wildman–Crippen MR) is 73.5 cm³/mol. The van der Waals surface area contributed by atoms with Crippen molar-refractivity contribution in [2.75, 3.05) is 0 Å². The van der Waals surface area contributed by atoms with Crippen LogP contribution in [0.3, 0.4) is 0 Å². The van der Waals surface area contributed by atoms with Crippen molar-refractivity contribution in [1.82, 2.24) is 0 Å². The maximum atomic E-state index is 12.1. The number of aldehydes is 1. The molecule has 0 heterocycles. The van der Waals surface area contributed by atoms with Crippen molar-refractivity contribution in [3.05, 3.63) is 59.2 Å². The molecule has 0 N–H and O–H groups in total. The summed E-state index contributed by atoms with van der Waals surface area (Å²) in [5.41, 5.74) is 2.83. The zero-order chi connectivity index (χ0) is 14.1. The van der Waals surface area contributed by atoms with E-state index in [1.54, 1.807) is 36.4 Å². The summed E-state index contributed by atoms with van der Waals surface area (Å²) >= 11 is 0. The van der Waals surface area contributed by atoms with E-state index in [1.807, 2.05) is 6.07 Å². The van der Waals surface area contributed by atoms with E-state index in [0.717, 1.165) is 5.56 Å². The molecule has 0 fully saturated rings. The minimum Gasteiger partial charge on any atom is -0.289 e. The molecule has 0 bridgehead atoms. The average Bonchev–Trinajstić information content (AvgIpc) is 2.50. The van der Waals surface area contributed by atoms with Gasteiger partial charge in [-0.15, -0.1) is 0 Å². The van der Waals surface area contributed by atoms with Gasteiger partial charge in [0.2, 0.25) is 11.6 Å². The summed E-state index contributed by atoms with van der Waals surface area (Å²) in [6.07, 6.45) is 0.516. The Balaban J connectivity index is 2.28. The van der Waals surface area contributed by atoms with E-state index < -0.39 is 11.6 Å². The second kappa shape index (κ2) is 4.60. The van der Waals surface area contributed by atoms with Gasteiger partial charge in [-0.05, 0) is 35.2 Å². The van der Waals surface area contributed by atoms with E-state index in [1.165, 1.54) is 0 Å². The molecule has 0 saturated heterocycles. The highest BCUT2D eigenvalue weighted by Gasteiger charge is 2.29. The number of ketones is 2. The van der Waals surface area contributed by atoms with Gasteiger partial charge in [0.05, 0.1) is 0 Å². The van der Waals surface area contributed by atoms with Gasteiger partial charge >= 0.3 is 0 Å². The van der Waals surface area contributed by atoms with Crippen molar-refractivity contribution in [2.24, 2.45) is 0 Å². The van der Waals surface area contributed by atoms with Gasteiger partial charge in [-0.25, -0.2) is 0 Å². The van der Waals surface area contributed by atoms with Crippen molar-refractivity contribution < 1.29 is 14.4 Å². The lowest BCUT2D eigenvalue weighted by Crippen LogP contribution is -2.21. The zero-order valence-corrected chi connectivity index (χ0v) is 10.3. The van der Waals surface area contributed by atoms with Crippen LogP contribution in [0.2, 0.25) is 0 Å². The minimum atomic E-state index is -0.506. The highest BCUT2D eigenvalue weighted by atomic mass is 16.2. The van der Waals surface area contributed by atoms with Crippen LogP contribution in [-0.2, 0) is 4.79 Å². The molecule has 20 heavy (non-hydrogen) atoms. The number of benzene rings is 2. The first kappa shape index (κ1) is 12.1. The topological polar surface area (TPSA) is 51.2 Å². The molecule has 2 aromatic carbocycles. The standard InChI is InChI=1S/C17H8O3/c18-9-3-4-11-7-8-14-15(10-11)12-5-1-2-6-13(12)16(19)17(14)20/h1-2,5-10H. The molecule has 3 heteroatoms. The summed E-state index contributed by atoms with van der Waals surface area (Å²) in [5, 5.41) is 0. The molecule has 0 amide bonds. The normalized spacial score (nSPS) is 12.0. The van der Waals surface area contributed by atoms with Gasteiger partial charge in [0.15, 0.2) is 6.29 Å². The average molecular weight is 260 g/mol. The fraction of sp³-hybridized carbons (Fsp3) is 0. The third-order valence-electron chi connectivity index (χ3n) is 3.21. The van der Waals surface area contributed by atoms with Gasteiger partial charge in [0.25, 0.3) is 0 Å². The first-order chi connectivity index (χ1) is 9.72. The Morgan fingerprint density at radius 2 is 1.45 bits per heavy atom. The molecule has 1 aliphatic rings. The van der Waals surface area contributed by atoms with Crippen molar-refractivity contribution in [2.45, 2.75) is 0 Å². The summed E-state index contributed by atoms with van der Waals surface area (Å²) in [6, 6.07) is 11.9. The number of Topliss-reactive ketones (excluding diaryl/α,β-unsaturated/α-hetero) is 2. The van der Waals surface area contributed by atoms with Gasteiger partial charge < -0.3 is 0 Å². The van der Waals surface area contributed by atoms with E-state index in [-0.39, 0.29) is 0 Å². The van der Waals surface area contributed by atoms with Crippen LogP contribution in [0.15, 0.2) is 42.5 Å². The van der Waals surface area contributed by atoms with Gasteiger partial charge in [0, 0.05) is 16.7 Å². The van der Waals surface area contributed by atoms with Crippen LogP contribution in [0.25, 0.3) is 11.1 Å². The minimum absolute atomic E-state index is 0.380. The molecule has 0 aliphatic heterocycles. The van der Waals surface area contributed by atoms with Crippen LogP contribution in [-0.4, -0.2) is 17.9 Å². The van der Waals surface area contributed by atoms with Crippen molar-refractivity contribution in [3.63, 3.8) is 0 Å². The first-order valence-electron chi connectivity index (χ1n) is 6.00. The van der Waals surface area contributed by atoms with Crippen LogP contribution in [0, 0.1) is 11.8 Å². The number of carbonyl (C=O) groups excluding carboxylic acids is 3. The first-order valence-corrected chi connectivity index (χ1v) is 6.00. The second-order valence-corrected chi connectivity index (χ2v) is 4.35. The van der Waals surface area contributed by atoms with E-state index in [0.29, 0.717) is 28.5 Å². The molecule has 0 unspecified atom stereocenters. The number of hydrogen-bond acceptors (Lipinski definition) is 3. The summed E-state index contributed by atoms with van der Waals surface area (Å²) in [5.74, 6) is 4.03. The number of fused-ring (bicyclic) bond motifs is 3. The van der Waals surface area contributed by atoms with Gasteiger partial charge in [0.1, 0.15) is 0 Å². The third kappa shape index (κ3) is 1.75. The molecule has 0 aromatic heterocycles. The Kier molecular flexibility index (Phi) is 2.77. The maximum Gasteiger partial charge on any atom is 0.234 e. The predicted octanol–water partition coefficient (Wildman–Crippen LogP) is 2.28. The molecule has 94 valence electrons. The molecule has 1 aliphatic carbocycles. The Hall–Kier alpha value is -2.99. The monoisotopic (exact) mass is 260 g/mol. The molecule has 2 aromatic rings. The van der Waals surface area contributed by atoms with Crippen LogP contribution >= 0.6 is 0 Å². The summed E-state index contributed by atoms with van der Waals surface area (Å²) < 4.78 is 0. The molecule has 0 atom stereocenters. The van der Waals surface area contributed by atoms with E-state index in [9.17, 15) is 14.4 Å². The number of hydrogen-bond donors (Lipinski definition) is 0. The lowest BCUT2D eigenvalue weighted by molar-refractivity contribution is -0.103. The summed E-state index contributed by atoms with van der Waals surface area (Å²) in [7, 11) is 0. The van der Waals surface area contributed by atoms with Crippen LogP contribution in [0.5, 0.6) is 0 Å². The molecular formula is C17H8O3. The smallest absolute Gasteiger partial charge is 0.234 e.